The molecule has 0 aliphatic rings. The van der Waals surface area contributed by atoms with Crippen LogP contribution >= 0.6 is 8.81 Å². The van der Waals surface area contributed by atoms with Crippen LogP contribution in [0.25, 0.3) is 0 Å². The predicted octanol–water partition coefficient (Wildman–Crippen LogP) is 2.24. The summed E-state index contributed by atoms with van der Waals surface area (Å²) in [5.74, 6) is 0. The van der Waals surface area contributed by atoms with E-state index < -0.39 is 0 Å². The van der Waals surface area contributed by atoms with Crippen molar-refractivity contribution in [2.45, 2.75) is 6.16 Å². The van der Waals surface area contributed by atoms with E-state index in [0.717, 1.165) is 18.0 Å². The van der Waals surface area contributed by atoms with Gasteiger partial charge in [-0.1, -0.05) is 24.3 Å². The van der Waals surface area contributed by atoms with E-state index in [1.165, 1.54) is 5.56 Å². The molecule has 1 unspecified atom stereocenters. The molecular weight excluding hydrogens is 171 g/mol. The number of carbonyl (C=O) groups excluding carboxylic acids is 1. The highest BCUT2D eigenvalue weighted by atomic mass is 31.1. The third kappa shape index (κ3) is 2.72. The number of benzene rings is 1. The molecule has 0 spiro atoms. The Morgan fingerprint density at radius 2 is 2.08 bits per heavy atom. The maximum atomic E-state index is 10.3. The van der Waals surface area contributed by atoms with Crippen molar-refractivity contribution in [2.75, 3.05) is 7.11 Å². The average Bonchev–Trinajstić information content (AvgIpc) is 2.15. The maximum Gasteiger partial charge on any atom is 0.150 e. The van der Waals surface area contributed by atoms with Gasteiger partial charge in [0.05, 0.1) is 0 Å². The van der Waals surface area contributed by atoms with Crippen LogP contribution in [0.2, 0.25) is 0 Å². The molecule has 2 nitrogen and oxygen atoms in total. The van der Waals surface area contributed by atoms with E-state index in [1.807, 2.05) is 24.3 Å². The normalized spacial score (nSPS) is 10.8. The summed E-state index contributed by atoms with van der Waals surface area (Å²) in [5.41, 5.74) is 1.93. The van der Waals surface area contributed by atoms with Crippen LogP contribution in [0.5, 0.6) is 0 Å². The standard InChI is InChI=1S/C9H11O2P/c1-11-12-7-9-4-2-8(6-10)3-5-9/h2-6,12H,7H2,1H3. The van der Waals surface area contributed by atoms with E-state index in [4.69, 9.17) is 4.52 Å². The Morgan fingerprint density at radius 1 is 1.42 bits per heavy atom. The maximum absolute atomic E-state index is 10.3. The van der Waals surface area contributed by atoms with Gasteiger partial charge in [-0.3, -0.25) is 4.79 Å². The van der Waals surface area contributed by atoms with E-state index >= 15 is 0 Å². The number of carbonyl (C=O) groups is 1. The molecule has 0 heterocycles. The first kappa shape index (κ1) is 9.37. The number of rotatable bonds is 4. The van der Waals surface area contributed by atoms with Crippen molar-refractivity contribution < 1.29 is 9.32 Å². The molecule has 12 heavy (non-hydrogen) atoms. The minimum absolute atomic E-state index is 0.501. The molecule has 0 saturated heterocycles. The Labute approximate surface area is 73.8 Å². The molecule has 0 N–H and O–H groups in total. The summed E-state index contributed by atoms with van der Waals surface area (Å²) < 4.78 is 4.96. The second kappa shape index (κ2) is 5.02. The molecule has 1 atom stereocenters. The Kier molecular flexibility index (Phi) is 3.92. The Bertz CT molecular complexity index is 243. The SMILES string of the molecule is COPCc1ccc(C=O)cc1. The summed E-state index contributed by atoms with van der Waals surface area (Å²) in [6.45, 7) is 0. The molecule has 0 bridgehead atoms. The smallest absolute Gasteiger partial charge is 0.150 e. The second-order valence-corrected chi connectivity index (χ2v) is 3.44. The first-order valence-electron chi connectivity index (χ1n) is 3.67. The quantitative estimate of drug-likeness (QED) is 0.527. The monoisotopic (exact) mass is 182 g/mol. The lowest BCUT2D eigenvalue weighted by atomic mass is 10.2. The molecular formula is C9H11O2P. The largest absolute Gasteiger partial charge is 0.365 e. The van der Waals surface area contributed by atoms with Gasteiger partial charge in [0.1, 0.15) is 6.29 Å². The van der Waals surface area contributed by atoms with Gasteiger partial charge < -0.3 is 4.52 Å². The predicted molar refractivity (Wildman–Crippen MR) is 50.9 cm³/mol. The molecule has 1 aromatic carbocycles. The van der Waals surface area contributed by atoms with Crippen LogP contribution in [0.4, 0.5) is 0 Å². The van der Waals surface area contributed by atoms with Crippen LogP contribution in [0.1, 0.15) is 15.9 Å². The van der Waals surface area contributed by atoms with Gasteiger partial charge in [0.15, 0.2) is 0 Å². The van der Waals surface area contributed by atoms with Gasteiger partial charge in [-0.05, 0) is 5.56 Å². The van der Waals surface area contributed by atoms with Crippen molar-refractivity contribution in [2.24, 2.45) is 0 Å². The molecule has 0 saturated carbocycles. The first-order valence-corrected chi connectivity index (χ1v) is 4.78. The molecule has 1 rings (SSSR count). The summed E-state index contributed by atoms with van der Waals surface area (Å²) >= 11 is 0. The summed E-state index contributed by atoms with van der Waals surface area (Å²) in [4.78, 5) is 10.3. The van der Waals surface area contributed by atoms with E-state index in [2.05, 4.69) is 0 Å². The minimum atomic E-state index is 0.501. The summed E-state index contributed by atoms with van der Waals surface area (Å²) in [6, 6.07) is 7.55. The van der Waals surface area contributed by atoms with Crippen LogP contribution in [0.15, 0.2) is 24.3 Å². The van der Waals surface area contributed by atoms with Crippen molar-refractivity contribution in [1.82, 2.24) is 0 Å². The summed E-state index contributed by atoms with van der Waals surface area (Å²) in [5, 5.41) is 0. The van der Waals surface area contributed by atoms with Crippen molar-refractivity contribution in [3.8, 4) is 0 Å². The van der Waals surface area contributed by atoms with Gasteiger partial charge in [-0.2, -0.15) is 0 Å². The lowest BCUT2D eigenvalue weighted by Gasteiger charge is -1.99. The zero-order valence-electron chi connectivity index (χ0n) is 6.91. The molecule has 0 radical (unpaired) electrons. The highest BCUT2D eigenvalue weighted by molar-refractivity contribution is 7.31. The van der Waals surface area contributed by atoms with Crippen molar-refractivity contribution in [3.63, 3.8) is 0 Å². The third-order valence-corrected chi connectivity index (χ3v) is 2.38. The van der Waals surface area contributed by atoms with E-state index in [0.29, 0.717) is 8.81 Å². The van der Waals surface area contributed by atoms with Crippen molar-refractivity contribution >= 4 is 15.1 Å². The van der Waals surface area contributed by atoms with Gasteiger partial charge in [-0.25, -0.2) is 0 Å². The first-order chi connectivity index (χ1) is 5.86. The van der Waals surface area contributed by atoms with Crippen molar-refractivity contribution in [1.29, 1.82) is 0 Å². The molecule has 0 aromatic heterocycles. The molecule has 64 valence electrons. The van der Waals surface area contributed by atoms with Crippen molar-refractivity contribution in [3.05, 3.63) is 35.4 Å². The summed E-state index contributed by atoms with van der Waals surface area (Å²) in [7, 11) is 2.19. The number of hydrogen-bond donors (Lipinski definition) is 0. The average molecular weight is 182 g/mol. The van der Waals surface area contributed by atoms with E-state index in [1.54, 1.807) is 7.11 Å². The van der Waals surface area contributed by atoms with E-state index in [9.17, 15) is 4.79 Å². The van der Waals surface area contributed by atoms with Crippen LogP contribution in [0.3, 0.4) is 0 Å². The van der Waals surface area contributed by atoms with Gasteiger partial charge in [0, 0.05) is 27.6 Å². The fourth-order valence-corrected chi connectivity index (χ4v) is 1.42. The zero-order chi connectivity index (χ0) is 8.81. The third-order valence-electron chi connectivity index (χ3n) is 1.54. The zero-order valence-corrected chi connectivity index (χ0v) is 7.91. The topological polar surface area (TPSA) is 26.3 Å². The van der Waals surface area contributed by atoms with Gasteiger partial charge in [0.25, 0.3) is 0 Å². The van der Waals surface area contributed by atoms with Crippen LogP contribution in [-0.4, -0.2) is 13.4 Å². The van der Waals surface area contributed by atoms with Gasteiger partial charge >= 0.3 is 0 Å². The highest BCUT2D eigenvalue weighted by Crippen LogP contribution is 2.18. The van der Waals surface area contributed by atoms with Crippen LogP contribution in [-0.2, 0) is 10.7 Å². The molecule has 3 heteroatoms. The Hall–Kier alpha value is -0.720. The molecule has 0 aliphatic carbocycles. The van der Waals surface area contributed by atoms with E-state index in [-0.39, 0.29) is 0 Å². The van der Waals surface area contributed by atoms with Crippen LogP contribution < -0.4 is 0 Å². The minimum Gasteiger partial charge on any atom is -0.365 e. The number of hydrogen-bond acceptors (Lipinski definition) is 2. The second-order valence-electron chi connectivity index (χ2n) is 2.38. The Balaban J connectivity index is 2.58. The fraction of sp³-hybridized carbons (Fsp3) is 0.222. The van der Waals surface area contributed by atoms with Gasteiger partial charge in [-0.15, -0.1) is 0 Å². The Morgan fingerprint density at radius 3 is 2.58 bits per heavy atom. The van der Waals surface area contributed by atoms with Crippen LogP contribution in [0, 0.1) is 0 Å². The number of aldehydes is 1. The molecule has 0 aliphatic heterocycles. The lowest BCUT2D eigenvalue weighted by molar-refractivity contribution is 0.112. The molecule has 0 amide bonds. The highest BCUT2D eigenvalue weighted by Gasteiger charge is 1.92. The molecule has 1 aromatic rings. The summed E-state index contributed by atoms with van der Waals surface area (Å²) in [6.07, 6.45) is 1.78. The fourth-order valence-electron chi connectivity index (χ4n) is 0.870. The van der Waals surface area contributed by atoms with Gasteiger partial charge in [0.2, 0.25) is 0 Å². The lowest BCUT2D eigenvalue weighted by Crippen LogP contribution is -1.82. The molecule has 0 fully saturated rings.